The van der Waals surface area contributed by atoms with E-state index in [0.29, 0.717) is 44.8 Å². The van der Waals surface area contributed by atoms with Crippen molar-refractivity contribution in [3.8, 4) is 17.2 Å². The molecular formula is C25H25ClN2O6S. The minimum atomic E-state index is -3.84. The highest BCUT2D eigenvalue weighted by Crippen LogP contribution is 2.40. The maximum Gasteiger partial charge on any atom is 0.261 e. The average Bonchev–Trinajstić information content (AvgIpc) is 2.85. The molecule has 0 heterocycles. The quantitative estimate of drug-likeness (QED) is 0.382. The minimum Gasteiger partial charge on any atom is -0.493 e. The number of carbonyl (C=O) groups excluding carboxylic acids is 1. The van der Waals surface area contributed by atoms with Gasteiger partial charge in [-0.3, -0.25) is 9.52 Å². The molecule has 10 heteroatoms. The Morgan fingerprint density at radius 2 is 1.60 bits per heavy atom. The van der Waals surface area contributed by atoms with E-state index < -0.39 is 15.9 Å². The number of sulfonamides is 1. The number of anilines is 2. The Morgan fingerprint density at radius 3 is 2.23 bits per heavy atom. The normalized spacial score (nSPS) is 11.2. The van der Waals surface area contributed by atoms with Crippen LogP contribution in [0.25, 0.3) is 6.08 Å². The van der Waals surface area contributed by atoms with Crippen LogP contribution in [-0.2, 0) is 14.8 Å². The monoisotopic (exact) mass is 516 g/mol. The first-order valence-electron chi connectivity index (χ1n) is 10.4. The van der Waals surface area contributed by atoms with Gasteiger partial charge in [0.15, 0.2) is 11.5 Å². The summed E-state index contributed by atoms with van der Waals surface area (Å²) >= 11 is 6.07. The standard InChI is InChI=1S/C25H25ClN2O6S/c1-16-20(26)6-5-7-21(16)28-35(30,31)19-12-10-18(11-13-19)27-23(29)15-9-17-8-14-22(32-2)25(34-4)24(17)33-3/h5-15,28H,1-4H3,(H,27,29)/b15-9+. The number of benzene rings is 3. The van der Waals surface area contributed by atoms with E-state index in [1.165, 1.54) is 51.7 Å². The van der Waals surface area contributed by atoms with Crippen LogP contribution >= 0.6 is 11.6 Å². The molecule has 184 valence electrons. The van der Waals surface area contributed by atoms with Gasteiger partial charge < -0.3 is 19.5 Å². The molecule has 3 aromatic rings. The number of halogens is 1. The van der Waals surface area contributed by atoms with Gasteiger partial charge in [-0.2, -0.15) is 0 Å². The van der Waals surface area contributed by atoms with Gasteiger partial charge in [-0.1, -0.05) is 17.7 Å². The van der Waals surface area contributed by atoms with Gasteiger partial charge in [-0.25, -0.2) is 8.42 Å². The van der Waals surface area contributed by atoms with E-state index in [1.807, 2.05) is 0 Å². The Balaban J connectivity index is 1.72. The van der Waals surface area contributed by atoms with Gasteiger partial charge in [0.05, 0.1) is 31.9 Å². The number of ether oxygens (including phenoxy) is 3. The van der Waals surface area contributed by atoms with E-state index >= 15 is 0 Å². The van der Waals surface area contributed by atoms with Crippen molar-refractivity contribution in [2.45, 2.75) is 11.8 Å². The zero-order valence-corrected chi connectivity index (χ0v) is 21.2. The largest absolute Gasteiger partial charge is 0.493 e. The third-order valence-corrected chi connectivity index (χ3v) is 6.88. The number of nitrogens with one attached hydrogen (secondary N) is 2. The number of methoxy groups -OCH3 is 3. The lowest BCUT2D eigenvalue weighted by atomic mass is 10.1. The second-order valence-corrected chi connectivity index (χ2v) is 9.38. The molecule has 0 fully saturated rings. The van der Waals surface area contributed by atoms with E-state index in [-0.39, 0.29) is 4.90 Å². The summed E-state index contributed by atoms with van der Waals surface area (Å²) in [5, 5.41) is 3.15. The van der Waals surface area contributed by atoms with Crippen LogP contribution in [0, 0.1) is 6.92 Å². The predicted molar refractivity (Wildman–Crippen MR) is 137 cm³/mol. The molecule has 3 aromatic carbocycles. The van der Waals surface area contributed by atoms with Gasteiger partial charge in [0, 0.05) is 22.3 Å². The van der Waals surface area contributed by atoms with Crippen LogP contribution in [0.5, 0.6) is 17.2 Å². The molecule has 2 N–H and O–H groups in total. The SMILES string of the molecule is COc1ccc(/C=C/C(=O)Nc2ccc(S(=O)(=O)Nc3cccc(Cl)c3C)cc2)c(OC)c1OC. The van der Waals surface area contributed by atoms with Crippen molar-refractivity contribution in [2.24, 2.45) is 0 Å². The predicted octanol–water partition coefficient (Wildman–Crippen LogP) is 5.13. The average molecular weight is 517 g/mol. The Morgan fingerprint density at radius 1 is 0.914 bits per heavy atom. The topological polar surface area (TPSA) is 103 Å². The smallest absolute Gasteiger partial charge is 0.261 e. The molecule has 0 aliphatic rings. The Bertz CT molecular complexity index is 1360. The Labute approximate surface area is 209 Å². The van der Waals surface area contributed by atoms with Crippen molar-refractivity contribution in [3.63, 3.8) is 0 Å². The summed E-state index contributed by atoms with van der Waals surface area (Å²) in [6.07, 6.45) is 2.91. The second-order valence-electron chi connectivity index (χ2n) is 7.29. The van der Waals surface area contributed by atoms with Crippen molar-refractivity contribution in [1.82, 2.24) is 0 Å². The molecule has 0 radical (unpaired) electrons. The van der Waals surface area contributed by atoms with E-state index in [9.17, 15) is 13.2 Å². The van der Waals surface area contributed by atoms with Gasteiger partial charge in [0.2, 0.25) is 11.7 Å². The minimum absolute atomic E-state index is 0.0421. The molecule has 0 atom stereocenters. The molecule has 0 spiro atoms. The number of carbonyl (C=O) groups is 1. The van der Waals surface area contributed by atoms with Gasteiger partial charge in [-0.05, 0) is 67.1 Å². The second kappa shape index (κ2) is 11.2. The van der Waals surface area contributed by atoms with Gasteiger partial charge >= 0.3 is 0 Å². The summed E-state index contributed by atoms with van der Waals surface area (Å²) in [4.78, 5) is 12.5. The van der Waals surface area contributed by atoms with Gasteiger partial charge in [0.25, 0.3) is 10.0 Å². The number of hydrogen-bond donors (Lipinski definition) is 2. The molecule has 0 aromatic heterocycles. The van der Waals surface area contributed by atoms with Crippen molar-refractivity contribution < 1.29 is 27.4 Å². The first-order valence-corrected chi connectivity index (χ1v) is 12.2. The fourth-order valence-corrected chi connectivity index (χ4v) is 4.54. The third-order valence-electron chi connectivity index (χ3n) is 5.09. The highest BCUT2D eigenvalue weighted by molar-refractivity contribution is 7.92. The molecule has 0 unspecified atom stereocenters. The molecule has 0 aliphatic heterocycles. The van der Waals surface area contributed by atoms with Crippen LogP contribution in [0.3, 0.4) is 0 Å². The zero-order chi connectivity index (χ0) is 25.6. The summed E-state index contributed by atoms with van der Waals surface area (Å²) in [5.74, 6) is 0.926. The maximum absolute atomic E-state index is 12.7. The Hall–Kier alpha value is -3.69. The highest BCUT2D eigenvalue weighted by Gasteiger charge is 2.17. The first-order chi connectivity index (χ1) is 16.7. The number of rotatable bonds is 9. The van der Waals surface area contributed by atoms with E-state index in [1.54, 1.807) is 43.3 Å². The maximum atomic E-state index is 12.7. The molecule has 1 amide bonds. The lowest BCUT2D eigenvalue weighted by molar-refractivity contribution is -0.111. The summed E-state index contributed by atoms with van der Waals surface area (Å²) in [5.41, 5.74) is 2.06. The molecule has 0 aliphatic carbocycles. The van der Waals surface area contributed by atoms with E-state index in [0.717, 1.165) is 0 Å². The molecule has 0 saturated heterocycles. The molecule has 8 nitrogen and oxygen atoms in total. The van der Waals surface area contributed by atoms with Crippen molar-refractivity contribution in [1.29, 1.82) is 0 Å². The van der Waals surface area contributed by atoms with Crippen LogP contribution in [0.4, 0.5) is 11.4 Å². The van der Waals surface area contributed by atoms with Crippen molar-refractivity contribution in [3.05, 3.63) is 76.8 Å². The molecule has 0 bridgehead atoms. The van der Waals surface area contributed by atoms with Crippen LogP contribution in [-0.4, -0.2) is 35.7 Å². The molecular weight excluding hydrogens is 492 g/mol. The lowest BCUT2D eigenvalue weighted by Gasteiger charge is -2.14. The summed E-state index contributed by atoms with van der Waals surface area (Å²) in [7, 11) is 0.673. The summed E-state index contributed by atoms with van der Waals surface area (Å²) < 4.78 is 44.0. The van der Waals surface area contributed by atoms with Crippen LogP contribution in [0.15, 0.2) is 65.6 Å². The fourth-order valence-electron chi connectivity index (χ4n) is 3.24. The molecule has 3 rings (SSSR count). The van der Waals surface area contributed by atoms with E-state index in [2.05, 4.69) is 10.0 Å². The fraction of sp³-hybridized carbons (Fsp3) is 0.160. The zero-order valence-electron chi connectivity index (χ0n) is 19.6. The first kappa shape index (κ1) is 25.9. The van der Waals surface area contributed by atoms with Crippen molar-refractivity contribution in [2.75, 3.05) is 31.4 Å². The number of amides is 1. The van der Waals surface area contributed by atoms with Crippen LogP contribution in [0.1, 0.15) is 11.1 Å². The van der Waals surface area contributed by atoms with Gasteiger partial charge in [-0.15, -0.1) is 0 Å². The third kappa shape index (κ3) is 6.06. The van der Waals surface area contributed by atoms with Crippen LogP contribution < -0.4 is 24.2 Å². The summed E-state index contributed by atoms with van der Waals surface area (Å²) in [6, 6.07) is 14.2. The molecule has 0 saturated carbocycles. The van der Waals surface area contributed by atoms with Crippen LogP contribution in [0.2, 0.25) is 5.02 Å². The van der Waals surface area contributed by atoms with Gasteiger partial charge in [0.1, 0.15) is 0 Å². The molecule has 35 heavy (non-hydrogen) atoms. The lowest BCUT2D eigenvalue weighted by Crippen LogP contribution is -2.14. The highest BCUT2D eigenvalue weighted by atomic mass is 35.5. The van der Waals surface area contributed by atoms with E-state index in [4.69, 9.17) is 25.8 Å². The summed E-state index contributed by atoms with van der Waals surface area (Å²) in [6.45, 7) is 1.73. The number of hydrogen-bond acceptors (Lipinski definition) is 6. The van der Waals surface area contributed by atoms with Crippen molar-refractivity contribution >= 4 is 45.0 Å². The Kier molecular flexibility index (Phi) is 8.26.